The van der Waals surface area contributed by atoms with Gasteiger partial charge in [-0.25, -0.2) is 0 Å². The number of alkyl halides is 3. The monoisotopic (exact) mass is 291 g/mol. The zero-order valence-corrected chi connectivity index (χ0v) is 11.7. The number of nitrogens with zero attached hydrogens (tertiary/aromatic N) is 1. The van der Waals surface area contributed by atoms with Crippen LogP contribution in [0.5, 0.6) is 5.75 Å². The zero-order chi connectivity index (χ0) is 15.2. The molecule has 0 heterocycles. The lowest BCUT2D eigenvalue weighted by Crippen LogP contribution is -2.37. The Bertz CT molecular complexity index is 410. The lowest BCUT2D eigenvalue weighted by Gasteiger charge is -2.26. The minimum atomic E-state index is -4.27. The van der Waals surface area contributed by atoms with Gasteiger partial charge < -0.3 is 9.84 Å². The first-order chi connectivity index (χ1) is 9.37. The van der Waals surface area contributed by atoms with Crippen LogP contribution in [-0.4, -0.2) is 42.9 Å². The fourth-order valence-electron chi connectivity index (χ4n) is 2.09. The quantitative estimate of drug-likeness (QED) is 0.838. The third kappa shape index (κ3) is 5.38. The molecule has 0 fully saturated rings. The highest BCUT2D eigenvalue weighted by atomic mass is 19.4. The van der Waals surface area contributed by atoms with E-state index in [4.69, 9.17) is 4.74 Å². The molecule has 0 aliphatic carbocycles. The maximum atomic E-state index is 12.5. The second-order valence-electron chi connectivity index (χ2n) is 4.61. The van der Waals surface area contributed by atoms with Crippen LogP contribution < -0.4 is 4.74 Å². The second-order valence-corrected chi connectivity index (χ2v) is 4.61. The maximum Gasteiger partial charge on any atom is 0.401 e. The molecule has 0 bridgehead atoms. The summed E-state index contributed by atoms with van der Waals surface area (Å²) in [6, 6.07) is 6.79. The average molecular weight is 291 g/mol. The molecule has 0 radical (unpaired) electrons. The smallest absolute Gasteiger partial charge is 0.401 e. The Morgan fingerprint density at radius 1 is 1.30 bits per heavy atom. The van der Waals surface area contributed by atoms with Gasteiger partial charge in [-0.3, -0.25) is 4.90 Å². The van der Waals surface area contributed by atoms with Crippen LogP contribution in [0, 0.1) is 0 Å². The van der Waals surface area contributed by atoms with Crippen molar-refractivity contribution >= 4 is 0 Å². The lowest BCUT2D eigenvalue weighted by molar-refractivity contribution is -0.148. The van der Waals surface area contributed by atoms with Gasteiger partial charge in [-0.2, -0.15) is 13.2 Å². The van der Waals surface area contributed by atoms with Crippen LogP contribution in [0.3, 0.4) is 0 Å². The van der Waals surface area contributed by atoms with E-state index in [1.165, 1.54) is 12.0 Å². The summed E-state index contributed by atoms with van der Waals surface area (Å²) >= 11 is 0. The van der Waals surface area contributed by atoms with Crippen molar-refractivity contribution in [1.29, 1.82) is 0 Å². The molecular formula is C14H20F3NO2. The number of aliphatic hydroxyl groups excluding tert-OH is 1. The summed E-state index contributed by atoms with van der Waals surface area (Å²) in [6.45, 7) is 0.991. The number of hydrogen-bond donors (Lipinski definition) is 1. The van der Waals surface area contributed by atoms with Crippen LogP contribution in [0.25, 0.3) is 0 Å². The molecule has 0 saturated carbocycles. The van der Waals surface area contributed by atoms with Gasteiger partial charge in [0.05, 0.1) is 19.8 Å². The van der Waals surface area contributed by atoms with Gasteiger partial charge in [0.2, 0.25) is 0 Å². The third-order valence-corrected chi connectivity index (χ3v) is 2.87. The van der Waals surface area contributed by atoms with E-state index in [2.05, 4.69) is 0 Å². The van der Waals surface area contributed by atoms with Crippen LogP contribution >= 0.6 is 0 Å². The predicted octanol–water partition coefficient (Wildman–Crippen LogP) is 3.00. The van der Waals surface area contributed by atoms with E-state index >= 15 is 0 Å². The summed E-state index contributed by atoms with van der Waals surface area (Å²) in [5.41, 5.74) is 0.498. The van der Waals surface area contributed by atoms with Crippen molar-refractivity contribution in [2.45, 2.75) is 25.6 Å². The normalized spacial score (nSPS) is 13.6. The molecule has 1 atom stereocenters. The first kappa shape index (κ1) is 16.8. The number of para-hydroxylation sites is 1. The fourth-order valence-corrected chi connectivity index (χ4v) is 2.09. The largest absolute Gasteiger partial charge is 0.496 e. The Labute approximate surface area is 117 Å². The number of methoxy groups -OCH3 is 1. The molecule has 1 unspecified atom stereocenters. The van der Waals surface area contributed by atoms with Crippen LogP contribution in [0.2, 0.25) is 0 Å². The number of ether oxygens (including phenoxy) is 1. The van der Waals surface area contributed by atoms with Gasteiger partial charge in [-0.05, 0) is 19.0 Å². The molecule has 0 amide bonds. The van der Waals surface area contributed by atoms with Crippen LogP contribution in [-0.2, 0) is 0 Å². The molecule has 0 aliphatic rings. The molecule has 1 rings (SSSR count). The van der Waals surface area contributed by atoms with E-state index in [1.807, 2.05) is 0 Å². The highest BCUT2D eigenvalue weighted by Crippen LogP contribution is 2.26. The van der Waals surface area contributed by atoms with Crippen molar-refractivity contribution in [2.24, 2.45) is 0 Å². The highest BCUT2D eigenvalue weighted by molar-refractivity contribution is 5.35. The zero-order valence-electron chi connectivity index (χ0n) is 11.7. The van der Waals surface area contributed by atoms with E-state index in [0.717, 1.165) is 0 Å². The minimum Gasteiger partial charge on any atom is -0.496 e. The Morgan fingerprint density at radius 3 is 2.50 bits per heavy atom. The molecule has 0 aromatic heterocycles. The number of rotatable bonds is 7. The number of benzene rings is 1. The van der Waals surface area contributed by atoms with Crippen molar-refractivity contribution in [1.82, 2.24) is 4.90 Å². The topological polar surface area (TPSA) is 32.7 Å². The van der Waals surface area contributed by atoms with Crippen molar-refractivity contribution in [3.8, 4) is 5.75 Å². The molecule has 1 aromatic carbocycles. The van der Waals surface area contributed by atoms with E-state index in [1.54, 1.807) is 31.2 Å². The first-order valence-corrected chi connectivity index (χ1v) is 6.47. The van der Waals surface area contributed by atoms with Crippen LogP contribution in [0.1, 0.15) is 25.0 Å². The van der Waals surface area contributed by atoms with E-state index < -0.39 is 18.8 Å². The SMILES string of the molecule is CCCN(CC(O)c1ccccc1OC)CC(F)(F)F. The minimum absolute atomic E-state index is 0.0757. The first-order valence-electron chi connectivity index (χ1n) is 6.47. The molecule has 20 heavy (non-hydrogen) atoms. The Morgan fingerprint density at radius 2 is 1.95 bits per heavy atom. The van der Waals surface area contributed by atoms with E-state index in [0.29, 0.717) is 17.7 Å². The summed E-state index contributed by atoms with van der Waals surface area (Å²) in [7, 11) is 1.46. The molecule has 1 N–H and O–H groups in total. The van der Waals surface area contributed by atoms with Gasteiger partial charge in [0.1, 0.15) is 5.75 Å². The predicted molar refractivity (Wildman–Crippen MR) is 70.7 cm³/mol. The summed E-state index contributed by atoms with van der Waals surface area (Å²) in [4.78, 5) is 1.21. The molecule has 114 valence electrons. The molecule has 6 heteroatoms. The molecule has 0 spiro atoms. The molecule has 3 nitrogen and oxygen atoms in total. The Kier molecular flexibility index (Phi) is 6.29. The van der Waals surface area contributed by atoms with E-state index in [9.17, 15) is 18.3 Å². The van der Waals surface area contributed by atoms with Gasteiger partial charge >= 0.3 is 6.18 Å². The molecule has 1 aromatic rings. The summed E-state index contributed by atoms with van der Waals surface area (Å²) < 4.78 is 42.5. The van der Waals surface area contributed by atoms with Crippen molar-refractivity contribution in [2.75, 3.05) is 26.7 Å². The average Bonchev–Trinajstić information content (AvgIpc) is 2.37. The van der Waals surface area contributed by atoms with Crippen molar-refractivity contribution in [3.05, 3.63) is 29.8 Å². The highest BCUT2D eigenvalue weighted by Gasteiger charge is 2.31. The molecule has 0 aliphatic heterocycles. The summed E-state index contributed by atoms with van der Waals surface area (Å²) in [5, 5.41) is 10.1. The lowest BCUT2D eigenvalue weighted by atomic mass is 10.1. The van der Waals surface area contributed by atoms with Crippen molar-refractivity contribution < 1.29 is 23.0 Å². The molecular weight excluding hydrogens is 271 g/mol. The standard InChI is InChI=1S/C14H20F3NO2/c1-3-8-18(10-14(15,16)17)9-12(19)11-6-4-5-7-13(11)20-2/h4-7,12,19H,3,8-10H2,1-2H3. The van der Waals surface area contributed by atoms with E-state index in [-0.39, 0.29) is 13.1 Å². The van der Waals surface area contributed by atoms with Crippen LogP contribution in [0.4, 0.5) is 13.2 Å². The Balaban J connectivity index is 2.77. The number of hydrogen-bond acceptors (Lipinski definition) is 3. The van der Waals surface area contributed by atoms with Gasteiger partial charge in [-0.1, -0.05) is 25.1 Å². The van der Waals surface area contributed by atoms with Crippen LogP contribution in [0.15, 0.2) is 24.3 Å². The summed E-state index contributed by atoms with van der Waals surface area (Å²) in [5.74, 6) is 0.475. The van der Waals surface area contributed by atoms with Gasteiger partial charge in [0, 0.05) is 12.1 Å². The number of halogens is 3. The molecule has 0 saturated heterocycles. The fraction of sp³-hybridized carbons (Fsp3) is 0.571. The summed E-state index contributed by atoms with van der Waals surface area (Å²) in [6.07, 6.45) is -4.69. The third-order valence-electron chi connectivity index (χ3n) is 2.87. The van der Waals surface area contributed by atoms with Gasteiger partial charge in [-0.15, -0.1) is 0 Å². The maximum absolute atomic E-state index is 12.5. The number of aliphatic hydroxyl groups is 1. The van der Waals surface area contributed by atoms with Crippen molar-refractivity contribution in [3.63, 3.8) is 0 Å². The Hall–Kier alpha value is -1.27. The van der Waals surface area contributed by atoms with Gasteiger partial charge in [0.15, 0.2) is 0 Å². The second kappa shape index (κ2) is 7.50. The van der Waals surface area contributed by atoms with Gasteiger partial charge in [0.25, 0.3) is 0 Å².